The van der Waals surface area contributed by atoms with Crippen molar-refractivity contribution in [2.45, 2.75) is 26.2 Å². The predicted octanol–water partition coefficient (Wildman–Crippen LogP) is 3.34. The maximum atomic E-state index is 12.5. The lowest BCUT2D eigenvalue weighted by atomic mass is 10.0. The number of sulfonamides is 1. The fourth-order valence-electron chi connectivity index (χ4n) is 3.26. The molecule has 0 spiro atoms. The van der Waals surface area contributed by atoms with E-state index in [0.29, 0.717) is 37.2 Å². The van der Waals surface area contributed by atoms with Crippen molar-refractivity contribution >= 4 is 33.0 Å². The van der Waals surface area contributed by atoms with Crippen LogP contribution in [0.5, 0.6) is 0 Å². The smallest absolute Gasteiger partial charge is 0.270 e. The van der Waals surface area contributed by atoms with Crippen molar-refractivity contribution in [3.8, 4) is 0 Å². The Morgan fingerprint density at radius 3 is 2.75 bits per heavy atom. The molecule has 0 fully saturated rings. The first-order valence-corrected chi connectivity index (χ1v) is 10.6. The van der Waals surface area contributed by atoms with Crippen LogP contribution in [-0.2, 0) is 16.4 Å². The lowest BCUT2D eigenvalue weighted by molar-refractivity contribution is -0.384. The molecule has 2 aromatic carbocycles. The molecule has 148 valence electrons. The van der Waals surface area contributed by atoms with E-state index in [9.17, 15) is 23.3 Å². The van der Waals surface area contributed by atoms with Gasteiger partial charge in [0.1, 0.15) is 0 Å². The molecule has 0 aliphatic carbocycles. The second kappa shape index (κ2) is 7.97. The monoisotopic (exact) mass is 403 g/mol. The lowest BCUT2D eigenvalue weighted by Gasteiger charge is -2.30. The fraction of sp³-hybridized carbons (Fsp3) is 0.316. The highest BCUT2D eigenvalue weighted by Crippen LogP contribution is 2.32. The number of amides is 1. The third-order valence-corrected chi connectivity index (χ3v) is 6.51. The molecule has 0 atom stereocenters. The van der Waals surface area contributed by atoms with Crippen LogP contribution < -0.4 is 9.62 Å². The Bertz CT molecular complexity index is 1020. The molecule has 0 radical (unpaired) electrons. The van der Waals surface area contributed by atoms with E-state index in [-0.39, 0.29) is 17.0 Å². The Morgan fingerprint density at radius 2 is 2.04 bits per heavy atom. The normalized spacial score (nSPS) is 13.7. The van der Waals surface area contributed by atoms with Gasteiger partial charge in [0.15, 0.2) is 0 Å². The highest BCUT2D eigenvalue weighted by molar-refractivity contribution is 7.92. The van der Waals surface area contributed by atoms with E-state index < -0.39 is 20.9 Å². The zero-order valence-electron chi connectivity index (χ0n) is 15.4. The molecule has 0 unspecified atom stereocenters. The molecule has 1 aliphatic rings. The molecule has 1 amide bonds. The molecule has 0 bridgehead atoms. The number of nitrogens with one attached hydrogen (secondary N) is 1. The average Bonchev–Trinajstić information content (AvgIpc) is 2.67. The van der Waals surface area contributed by atoms with Gasteiger partial charge in [0.05, 0.1) is 16.4 Å². The van der Waals surface area contributed by atoms with Gasteiger partial charge in [0.25, 0.3) is 11.6 Å². The number of non-ortho nitro benzene ring substituents is 1. The van der Waals surface area contributed by atoms with Crippen molar-refractivity contribution in [2.24, 2.45) is 0 Å². The number of nitrogens with zero attached hydrogens (tertiary/aromatic N) is 2. The van der Waals surface area contributed by atoms with Crippen LogP contribution in [0, 0.1) is 10.1 Å². The van der Waals surface area contributed by atoms with Gasteiger partial charge in [-0.15, -0.1) is 0 Å². The Hall–Kier alpha value is -2.94. The van der Waals surface area contributed by atoms with E-state index in [2.05, 4.69) is 5.32 Å². The molecule has 0 aromatic heterocycles. The summed E-state index contributed by atoms with van der Waals surface area (Å²) in [6.45, 7) is 2.28. The SMILES string of the molecule is CCCS(=O)(=O)N1CCCc2cc(NC(=O)c3cccc([N+](=O)[O-])c3)ccc21. The molecule has 0 saturated carbocycles. The Balaban J connectivity index is 1.83. The molecule has 1 N–H and O–H groups in total. The number of anilines is 2. The van der Waals surface area contributed by atoms with Crippen LogP contribution in [0.25, 0.3) is 0 Å². The first-order chi connectivity index (χ1) is 13.3. The number of fused-ring (bicyclic) bond motifs is 1. The van der Waals surface area contributed by atoms with Crippen molar-refractivity contribution in [1.82, 2.24) is 0 Å². The number of carbonyl (C=O) groups is 1. The van der Waals surface area contributed by atoms with Crippen molar-refractivity contribution in [3.63, 3.8) is 0 Å². The van der Waals surface area contributed by atoms with E-state index >= 15 is 0 Å². The number of nitro groups is 1. The van der Waals surface area contributed by atoms with Crippen LogP contribution in [0.3, 0.4) is 0 Å². The quantitative estimate of drug-likeness (QED) is 0.588. The van der Waals surface area contributed by atoms with E-state index in [1.54, 1.807) is 18.2 Å². The third-order valence-electron chi connectivity index (χ3n) is 4.53. The van der Waals surface area contributed by atoms with Gasteiger partial charge >= 0.3 is 0 Å². The molecule has 0 saturated heterocycles. The van der Waals surface area contributed by atoms with Gasteiger partial charge < -0.3 is 5.32 Å². The Kier molecular flexibility index (Phi) is 5.64. The maximum Gasteiger partial charge on any atom is 0.270 e. The third kappa shape index (κ3) is 4.14. The fourth-order valence-corrected chi connectivity index (χ4v) is 4.88. The number of aryl methyl sites for hydroxylation is 1. The average molecular weight is 403 g/mol. The highest BCUT2D eigenvalue weighted by Gasteiger charge is 2.27. The molecule has 3 rings (SSSR count). The molecule has 1 heterocycles. The van der Waals surface area contributed by atoms with Crippen molar-refractivity contribution in [2.75, 3.05) is 21.9 Å². The van der Waals surface area contributed by atoms with Gasteiger partial charge in [-0.25, -0.2) is 8.42 Å². The van der Waals surface area contributed by atoms with Crippen LogP contribution in [0.15, 0.2) is 42.5 Å². The number of nitro benzene ring substituents is 1. The summed E-state index contributed by atoms with van der Waals surface area (Å²) in [5.74, 6) is -0.368. The Labute approximate surface area is 163 Å². The van der Waals surface area contributed by atoms with Gasteiger partial charge in [-0.3, -0.25) is 19.2 Å². The number of benzene rings is 2. The van der Waals surface area contributed by atoms with E-state index in [1.807, 2.05) is 6.92 Å². The second-order valence-electron chi connectivity index (χ2n) is 6.60. The number of rotatable bonds is 6. The molecule has 1 aliphatic heterocycles. The summed E-state index contributed by atoms with van der Waals surface area (Å²) in [5, 5.41) is 13.6. The topological polar surface area (TPSA) is 110 Å². The molecule has 9 heteroatoms. The van der Waals surface area contributed by atoms with E-state index in [1.165, 1.54) is 28.6 Å². The lowest BCUT2D eigenvalue weighted by Crippen LogP contribution is -2.37. The molecule has 28 heavy (non-hydrogen) atoms. The number of hydrogen-bond donors (Lipinski definition) is 1. The number of hydrogen-bond acceptors (Lipinski definition) is 5. The van der Waals surface area contributed by atoms with Crippen LogP contribution in [0.2, 0.25) is 0 Å². The summed E-state index contributed by atoms with van der Waals surface area (Å²) < 4.78 is 26.4. The highest BCUT2D eigenvalue weighted by atomic mass is 32.2. The van der Waals surface area contributed by atoms with Crippen molar-refractivity contribution in [1.29, 1.82) is 0 Å². The molecule has 2 aromatic rings. The first kappa shape index (κ1) is 19.8. The van der Waals surface area contributed by atoms with Gasteiger partial charge in [0, 0.05) is 29.9 Å². The first-order valence-electron chi connectivity index (χ1n) is 9.01. The predicted molar refractivity (Wildman–Crippen MR) is 107 cm³/mol. The van der Waals surface area contributed by atoms with Gasteiger partial charge in [-0.05, 0) is 49.1 Å². The zero-order valence-corrected chi connectivity index (χ0v) is 16.2. The minimum absolute atomic E-state index is 0.0950. The summed E-state index contributed by atoms with van der Waals surface area (Å²) in [5.41, 5.74) is 2.04. The summed E-state index contributed by atoms with van der Waals surface area (Å²) in [4.78, 5) is 22.7. The summed E-state index contributed by atoms with van der Waals surface area (Å²) in [6.07, 6.45) is 1.97. The van der Waals surface area contributed by atoms with Gasteiger partial charge in [-0.1, -0.05) is 13.0 Å². The van der Waals surface area contributed by atoms with Gasteiger partial charge in [-0.2, -0.15) is 0 Å². The minimum atomic E-state index is -3.36. The van der Waals surface area contributed by atoms with Crippen LogP contribution in [0.1, 0.15) is 35.7 Å². The standard InChI is InChI=1S/C19H21N3O5S/c1-2-11-28(26,27)21-10-4-6-14-12-16(8-9-18(14)21)20-19(23)15-5-3-7-17(13-15)22(24)25/h3,5,7-9,12-13H,2,4,6,10-11H2,1H3,(H,20,23). The molecule has 8 nitrogen and oxygen atoms in total. The van der Waals surface area contributed by atoms with E-state index in [0.717, 1.165) is 5.56 Å². The second-order valence-corrected chi connectivity index (χ2v) is 8.61. The summed E-state index contributed by atoms with van der Waals surface area (Å²) in [7, 11) is -3.36. The zero-order chi connectivity index (χ0) is 20.3. The Morgan fingerprint density at radius 1 is 1.25 bits per heavy atom. The molecular weight excluding hydrogens is 382 g/mol. The molecular formula is C19H21N3O5S. The van der Waals surface area contributed by atoms with Crippen LogP contribution in [-0.4, -0.2) is 31.5 Å². The minimum Gasteiger partial charge on any atom is -0.322 e. The maximum absolute atomic E-state index is 12.5. The largest absolute Gasteiger partial charge is 0.322 e. The van der Waals surface area contributed by atoms with E-state index in [4.69, 9.17) is 0 Å². The van der Waals surface area contributed by atoms with Crippen LogP contribution >= 0.6 is 0 Å². The van der Waals surface area contributed by atoms with Crippen LogP contribution in [0.4, 0.5) is 17.1 Å². The summed E-state index contributed by atoms with van der Waals surface area (Å²) >= 11 is 0. The summed E-state index contributed by atoms with van der Waals surface area (Å²) in [6, 6.07) is 10.6. The van der Waals surface area contributed by atoms with Crippen molar-refractivity contribution in [3.05, 3.63) is 63.7 Å². The number of carbonyl (C=O) groups excluding carboxylic acids is 1. The van der Waals surface area contributed by atoms with Gasteiger partial charge in [0.2, 0.25) is 10.0 Å². The van der Waals surface area contributed by atoms with Crippen molar-refractivity contribution < 1.29 is 18.1 Å².